The second kappa shape index (κ2) is 9.95. The number of nitrogens with zero attached hydrogens (tertiary/aromatic N) is 2. The van der Waals surface area contributed by atoms with Gasteiger partial charge in [0.05, 0.1) is 18.1 Å². The predicted octanol–water partition coefficient (Wildman–Crippen LogP) is 0.426. The summed E-state index contributed by atoms with van der Waals surface area (Å²) in [6.07, 6.45) is 2.06. The highest BCUT2D eigenvalue weighted by atomic mass is 35.5. The van der Waals surface area contributed by atoms with Gasteiger partial charge in [-0.2, -0.15) is 0 Å². The number of pyridine rings is 1. The van der Waals surface area contributed by atoms with Crippen molar-refractivity contribution < 1.29 is 14.4 Å². The Labute approximate surface area is 172 Å². The zero-order valence-corrected chi connectivity index (χ0v) is 17.7. The Balaban J connectivity index is 0.00000392. The highest BCUT2D eigenvalue weighted by molar-refractivity contribution is 6.02. The number of nitrogens with one attached hydrogen (secondary N) is 2. The molecule has 0 radical (unpaired) electrons. The molecule has 1 aliphatic heterocycles. The van der Waals surface area contributed by atoms with Crippen LogP contribution in [-0.2, 0) is 20.8 Å². The van der Waals surface area contributed by atoms with E-state index >= 15 is 0 Å². The third-order valence-corrected chi connectivity index (χ3v) is 5.03. The summed E-state index contributed by atoms with van der Waals surface area (Å²) in [6.45, 7) is 6.86. The van der Waals surface area contributed by atoms with E-state index in [0.717, 1.165) is 5.56 Å². The summed E-state index contributed by atoms with van der Waals surface area (Å²) in [4.78, 5) is 43.5. The van der Waals surface area contributed by atoms with Crippen LogP contribution in [0.2, 0.25) is 0 Å². The van der Waals surface area contributed by atoms with Gasteiger partial charge in [-0.1, -0.05) is 19.9 Å². The van der Waals surface area contributed by atoms with Crippen LogP contribution in [0.1, 0.15) is 33.3 Å². The van der Waals surface area contributed by atoms with Crippen molar-refractivity contribution in [3.05, 3.63) is 23.9 Å². The maximum atomic E-state index is 13.4. The van der Waals surface area contributed by atoms with Gasteiger partial charge in [0.1, 0.15) is 17.6 Å². The summed E-state index contributed by atoms with van der Waals surface area (Å²) in [5.74, 6) is -0.406. The summed E-state index contributed by atoms with van der Waals surface area (Å²) in [5.41, 5.74) is 6.97. The number of likely N-dealkylation sites (N-methyl/N-ethyl adjacent to an activating group) is 1. The number of carbonyl (C=O) groups is 3. The molecular weight excluding hydrogens is 382 g/mol. The van der Waals surface area contributed by atoms with Crippen LogP contribution in [-0.4, -0.2) is 53.8 Å². The van der Waals surface area contributed by atoms with Gasteiger partial charge in [-0.05, 0) is 44.9 Å². The van der Waals surface area contributed by atoms with Crippen LogP contribution in [0, 0.1) is 5.92 Å². The molecule has 156 valence electrons. The molecule has 2 rings (SSSR count). The van der Waals surface area contributed by atoms with Gasteiger partial charge >= 0.3 is 0 Å². The molecule has 28 heavy (non-hydrogen) atoms. The normalized spacial score (nSPS) is 18.7. The molecule has 0 fully saturated rings. The van der Waals surface area contributed by atoms with Gasteiger partial charge in [-0.15, -0.1) is 12.4 Å². The first-order valence-electron chi connectivity index (χ1n) is 9.19. The number of rotatable bonds is 7. The van der Waals surface area contributed by atoms with Gasteiger partial charge in [0, 0.05) is 6.20 Å². The second-order valence-corrected chi connectivity index (χ2v) is 7.34. The lowest BCUT2D eigenvalue weighted by molar-refractivity contribution is -0.129. The molecule has 9 heteroatoms. The number of amides is 2. The number of hydrogen-bond acceptors (Lipinski definition) is 6. The maximum absolute atomic E-state index is 13.4. The monoisotopic (exact) mass is 411 g/mol. The average Bonchev–Trinajstić information content (AvgIpc) is 3.02. The number of halogens is 1. The first-order valence-corrected chi connectivity index (χ1v) is 9.19. The molecule has 0 spiro atoms. The first kappa shape index (κ1) is 24.0. The van der Waals surface area contributed by atoms with Crippen LogP contribution in [0.15, 0.2) is 18.3 Å². The van der Waals surface area contributed by atoms with Crippen molar-refractivity contribution in [1.29, 1.82) is 0 Å². The van der Waals surface area contributed by atoms with E-state index in [-0.39, 0.29) is 35.9 Å². The Morgan fingerprint density at radius 1 is 1.29 bits per heavy atom. The van der Waals surface area contributed by atoms with E-state index in [0.29, 0.717) is 12.2 Å². The number of aromatic nitrogens is 1. The highest BCUT2D eigenvalue weighted by Crippen LogP contribution is 2.32. The minimum Gasteiger partial charge on any atom is -0.343 e. The molecule has 2 amide bonds. The van der Waals surface area contributed by atoms with Gasteiger partial charge in [-0.3, -0.25) is 19.3 Å². The average molecular weight is 412 g/mol. The fourth-order valence-electron chi connectivity index (χ4n) is 3.18. The molecule has 0 saturated heterocycles. The summed E-state index contributed by atoms with van der Waals surface area (Å²) >= 11 is 0. The van der Waals surface area contributed by atoms with Crippen LogP contribution in [0.4, 0.5) is 5.82 Å². The van der Waals surface area contributed by atoms with Crippen molar-refractivity contribution in [2.24, 2.45) is 11.7 Å². The summed E-state index contributed by atoms with van der Waals surface area (Å²) in [6, 6.07) is 1.16. The smallest absolute Gasteiger partial charge is 0.251 e. The van der Waals surface area contributed by atoms with E-state index in [1.54, 1.807) is 26.2 Å². The largest absolute Gasteiger partial charge is 0.343 e. The Hall–Kier alpha value is -2.03. The molecule has 0 aromatic carbocycles. The van der Waals surface area contributed by atoms with Gasteiger partial charge in [-0.25, -0.2) is 4.98 Å². The lowest BCUT2D eigenvalue weighted by Crippen LogP contribution is -2.59. The Morgan fingerprint density at radius 3 is 2.46 bits per heavy atom. The van der Waals surface area contributed by atoms with Crippen LogP contribution >= 0.6 is 12.4 Å². The van der Waals surface area contributed by atoms with Gasteiger partial charge in [0.15, 0.2) is 0 Å². The third-order valence-electron chi connectivity index (χ3n) is 5.03. The number of nitrogens with two attached hydrogens (primary N) is 1. The second-order valence-electron chi connectivity index (χ2n) is 7.34. The number of ketones is 1. The minimum absolute atomic E-state index is 0. The number of anilines is 1. The molecule has 0 saturated carbocycles. The minimum atomic E-state index is -0.817. The first-order chi connectivity index (χ1) is 12.7. The van der Waals surface area contributed by atoms with E-state index in [4.69, 9.17) is 5.73 Å². The molecule has 4 atom stereocenters. The quantitative estimate of drug-likeness (QED) is 0.598. The highest BCUT2D eigenvalue weighted by Gasteiger charge is 2.43. The lowest BCUT2D eigenvalue weighted by atomic mass is 9.98. The van der Waals surface area contributed by atoms with E-state index < -0.39 is 24.2 Å². The number of carbonyl (C=O) groups excluding carboxylic acids is 3. The van der Waals surface area contributed by atoms with E-state index in [2.05, 4.69) is 15.6 Å². The third kappa shape index (κ3) is 4.87. The standard InChI is InChI=1S/C19H29N5O3.ClH/c1-10(2)16(23-18(26)11(3)21-5)19(27)24-14(15(20)12(4)25)9-13-7-6-8-22-17(13)24;/h6-8,10-11,14-16,21H,9,20H2,1-5H3,(H,23,26);1H/t11-,14?,15?,16-;/m0./s1. The van der Waals surface area contributed by atoms with Gasteiger partial charge in [0.2, 0.25) is 5.91 Å². The SMILES string of the molecule is CN[C@@H](C)C(=O)N[C@H](C(=O)N1c2ncccc2CC1C(N)C(C)=O)C(C)C.Cl. The Bertz CT molecular complexity index is 727. The topological polar surface area (TPSA) is 117 Å². The molecule has 1 aliphatic rings. The van der Waals surface area contributed by atoms with Gasteiger partial charge in [0.25, 0.3) is 5.91 Å². The predicted molar refractivity (Wildman–Crippen MR) is 110 cm³/mol. The summed E-state index contributed by atoms with van der Waals surface area (Å²) in [7, 11) is 1.68. The molecule has 2 heterocycles. The lowest BCUT2D eigenvalue weighted by Gasteiger charge is -2.33. The van der Waals surface area contributed by atoms with E-state index in [1.807, 2.05) is 19.9 Å². The van der Waals surface area contributed by atoms with Crippen molar-refractivity contribution in [1.82, 2.24) is 15.6 Å². The van der Waals surface area contributed by atoms with Crippen LogP contribution in [0.5, 0.6) is 0 Å². The molecule has 2 unspecified atom stereocenters. The molecule has 1 aromatic rings. The van der Waals surface area contributed by atoms with Crippen LogP contribution < -0.4 is 21.3 Å². The number of Topliss-reactive ketones (excluding diaryl/α,β-unsaturated/α-hetero) is 1. The zero-order valence-electron chi connectivity index (χ0n) is 16.9. The zero-order chi connectivity index (χ0) is 20.3. The van der Waals surface area contributed by atoms with E-state index in [9.17, 15) is 14.4 Å². The Kier molecular flexibility index (Phi) is 8.53. The van der Waals surface area contributed by atoms with E-state index in [1.165, 1.54) is 11.8 Å². The van der Waals surface area contributed by atoms with Crippen molar-refractivity contribution >= 4 is 35.8 Å². The fraction of sp³-hybridized carbons (Fsp3) is 0.579. The molecule has 8 nitrogen and oxygen atoms in total. The summed E-state index contributed by atoms with van der Waals surface area (Å²) < 4.78 is 0. The van der Waals surface area contributed by atoms with Crippen molar-refractivity contribution in [3.8, 4) is 0 Å². The number of fused-ring (bicyclic) bond motifs is 1. The van der Waals surface area contributed by atoms with Crippen molar-refractivity contribution in [2.45, 2.75) is 58.3 Å². The van der Waals surface area contributed by atoms with Crippen molar-refractivity contribution in [3.63, 3.8) is 0 Å². The maximum Gasteiger partial charge on any atom is 0.251 e. The fourth-order valence-corrected chi connectivity index (χ4v) is 3.18. The molecule has 0 bridgehead atoms. The number of hydrogen-bond donors (Lipinski definition) is 3. The van der Waals surface area contributed by atoms with Crippen LogP contribution in [0.3, 0.4) is 0 Å². The molecule has 0 aliphatic carbocycles. The molecule has 4 N–H and O–H groups in total. The van der Waals surface area contributed by atoms with Gasteiger partial charge < -0.3 is 16.4 Å². The molecule has 1 aromatic heterocycles. The Morgan fingerprint density at radius 2 is 1.93 bits per heavy atom. The molecular formula is C19H30ClN5O3. The van der Waals surface area contributed by atoms with Crippen LogP contribution in [0.25, 0.3) is 0 Å². The van der Waals surface area contributed by atoms with Crippen molar-refractivity contribution in [2.75, 3.05) is 11.9 Å². The summed E-state index contributed by atoms with van der Waals surface area (Å²) in [5, 5.41) is 5.68.